The van der Waals surface area contributed by atoms with Gasteiger partial charge in [-0.3, -0.25) is 0 Å². The minimum absolute atomic E-state index is 0.309. The van der Waals surface area contributed by atoms with Crippen molar-refractivity contribution < 1.29 is 17.5 Å². The molecule has 4 nitrogen and oxygen atoms in total. The van der Waals surface area contributed by atoms with E-state index in [1.54, 1.807) is 11.3 Å². The van der Waals surface area contributed by atoms with Crippen LogP contribution in [0.2, 0.25) is 0 Å². The molecule has 0 radical (unpaired) electrons. The number of aryl methyl sites for hydroxylation is 1. The molecule has 1 heterocycles. The highest BCUT2D eigenvalue weighted by molar-refractivity contribution is 7.85. The third-order valence-corrected chi connectivity index (χ3v) is 5.55. The molecule has 0 amide bonds. The van der Waals surface area contributed by atoms with Gasteiger partial charge in [-0.05, 0) is 17.7 Å². The van der Waals surface area contributed by atoms with Crippen LogP contribution in [-0.4, -0.2) is 18.7 Å². The van der Waals surface area contributed by atoms with Gasteiger partial charge in [-0.2, -0.15) is 4.57 Å². The topological polar surface area (TPSA) is 61.1 Å². The second kappa shape index (κ2) is 7.25. The van der Waals surface area contributed by atoms with Gasteiger partial charge < -0.3 is 4.55 Å². The van der Waals surface area contributed by atoms with E-state index in [-0.39, 0.29) is 5.75 Å². The van der Waals surface area contributed by atoms with Crippen molar-refractivity contribution in [2.24, 2.45) is 0 Å². The van der Waals surface area contributed by atoms with Crippen LogP contribution in [0.4, 0.5) is 0 Å². The maximum atomic E-state index is 10.8. The van der Waals surface area contributed by atoms with E-state index in [2.05, 4.69) is 4.57 Å². The Morgan fingerprint density at radius 2 is 1.71 bits per heavy atom. The molecule has 2 aromatic carbocycles. The summed E-state index contributed by atoms with van der Waals surface area (Å²) in [7, 11) is -4.18. The number of benzene rings is 2. The van der Waals surface area contributed by atoms with E-state index in [1.807, 2.05) is 66.7 Å². The molecule has 0 fully saturated rings. The Kier molecular flexibility index (Phi) is 5.08. The summed E-state index contributed by atoms with van der Waals surface area (Å²) in [4.78, 5) is 0. The summed E-state index contributed by atoms with van der Waals surface area (Å²) in [6, 6.07) is 18.0. The van der Waals surface area contributed by atoms with Crippen LogP contribution in [0, 0.1) is 0 Å². The van der Waals surface area contributed by atoms with Crippen LogP contribution in [0.5, 0.6) is 0 Å². The lowest BCUT2D eigenvalue weighted by Crippen LogP contribution is -2.35. The maximum absolute atomic E-state index is 10.8. The first-order chi connectivity index (χ1) is 11.5. The molecule has 3 aromatic rings. The number of fused-ring (bicyclic) bond motifs is 1. The zero-order valence-corrected chi connectivity index (χ0v) is 14.6. The number of rotatable bonds is 6. The normalized spacial score (nSPS) is 12.2. The third-order valence-electron chi connectivity index (χ3n) is 3.63. The van der Waals surface area contributed by atoms with Crippen molar-refractivity contribution in [3.05, 3.63) is 65.2 Å². The first kappa shape index (κ1) is 16.8. The summed E-state index contributed by atoms with van der Waals surface area (Å²) < 4.78 is 35.7. The molecule has 0 N–H and O–H groups in total. The summed E-state index contributed by atoms with van der Waals surface area (Å²) >= 11 is 1.65. The van der Waals surface area contributed by atoms with E-state index in [1.165, 1.54) is 0 Å². The summed E-state index contributed by atoms with van der Waals surface area (Å²) in [5.74, 6) is -0.341. The van der Waals surface area contributed by atoms with Crippen LogP contribution in [-0.2, 0) is 16.7 Å². The molecule has 0 atom stereocenters. The number of thiazole rings is 1. The number of hydrogen-bond donors (Lipinski definition) is 0. The van der Waals surface area contributed by atoms with Crippen molar-refractivity contribution in [1.82, 2.24) is 0 Å². The standard InChI is InChI=1S/C18H17NO3S2/c20-24(21,22)14-6-13-19-16-9-4-5-10-17(16)23-18(19)12-11-15-7-2-1-3-8-15/h1-5,7-12H,6,13-14H2/b12-11+. The molecule has 0 aliphatic heterocycles. The lowest BCUT2D eigenvalue weighted by atomic mass is 10.2. The predicted octanol–water partition coefficient (Wildman–Crippen LogP) is 3.29. The molecule has 0 saturated carbocycles. The summed E-state index contributed by atoms with van der Waals surface area (Å²) in [6.07, 6.45) is 4.38. The van der Waals surface area contributed by atoms with Crippen LogP contribution in [0.3, 0.4) is 0 Å². The Bertz CT molecular complexity index is 960. The number of hydrogen-bond acceptors (Lipinski definition) is 4. The average Bonchev–Trinajstić information content (AvgIpc) is 2.91. The molecule has 6 heteroatoms. The molecule has 24 heavy (non-hydrogen) atoms. The molecule has 124 valence electrons. The second-order valence-electron chi connectivity index (χ2n) is 5.42. The van der Waals surface area contributed by atoms with Gasteiger partial charge in [0.1, 0.15) is 4.70 Å². The Morgan fingerprint density at radius 1 is 1.00 bits per heavy atom. The molecule has 0 unspecified atom stereocenters. The van der Waals surface area contributed by atoms with E-state index < -0.39 is 10.1 Å². The van der Waals surface area contributed by atoms with Gasteiger partial charge in [-0.25, -0.2) is 8.42 Å². The molecular weight excluding hydrogens is 342 g/mol. The number of para-hydroxylation sites is 1. The summed E-state index contributed by atoms with van der Waals surface area (Å²) in [5, 5.41) is 1.03. The minimum atomic E-state index is -4.18. The molecule has 1 aromatic heterocycles. The smallest absolute Gasteiger partial charge is 0.262 e. The van der Waals surface area contributed by atoms with Gasteiger partial charge in [0.25, 0.3) is 5.01 Å². The Labute approximate surface area is 145 Å². The largest absolute Gasteiger partial charge is 0.748 e. The van der Waals surface area contributed by atoms with Crippen molar-refractivity contribution in [2.75, 3.05) is 5.75 Å². The van der Waals surface area contributed by atoms with Crippen molar-refractivity contribution >= 4 is 43.8 Å². The zero-order valence-electron chi connectivity index (χ0n) is 13.0. The van der Waals surface area contributed by atoms with Gasteiger partial charge in [0.15, 0.2) is 6.54 Å². The highest BCUT2D eigenvalue weighted by Gasteiger charge is 2.18. The fourth-order valence-corrected chi connectivity index (χ4v) is 4.11. The van der Waals surface area contributed by atoms with E-state index in [4.69, 9.17) is 0 Å². The monoisotopic (exact) mass is 359 g/mol. The van der Waals surface area contributed by atoms with Crippen LogP contribution >= 0.6 is 11.3 Å². The Balaban J connectivity index is 1.91. The van der Waals surface area contributed by atoms with Crippen LogP contribution in [0.15, 0.2) is 54.6 Å². The SMILES string of the molecule is O=S(=O)([O-])CCC[n+]1c(/C=C/c2ccccc2)sc2ccccc21. The van der Waals surface area contributed by atoms with E-state index >= 15 is 0 Å². The number of nitrogens with zero attached hydrogens (tertiary/aromatic N) is 1. The first-order valence-electron chi connectivity index (χ1n) is 7.61. The Morgan fingerprint density at radius 3 is 2.46 bits per heavy atom. The van der Waals surface area contributed by atoms with Gasteiger partial charge >= 0.3 is 0 Å². The summed E-state index contributed by atoms with van der Waals surface area (Å²) in [6.45, 7) is 0.500. The fourth-order valence-electron chi connectivity index (χ4n) is 2.54. The zero-order chi connectivity index (χ0) is 17.0. The molecule has 0 aliphatic carbocycles. The fraction of sp³-hybridized carbons (Fsp3) is 0.167. The van der Waals surface area contributed by atoms with Gasteiger partial charge in [-0.1, -0.05) is 53.8 Å². The van der Waals surface area contributed by atoms with E-state index in [0.717, 1.165) is 20.8 Å². The van der Waals surface area contributed by atoms with Gasteiger partial charge in [-0.15, -0.1) is 0 Å². The van der Waals surface area contributed by atoms with Crippen molar-refractivity contribution in [1.29, 1.82) is 0 Å². The van der Waals surface area contributed by atoms with Gasteiger partial charge in [0.2, 0.25) is 5.52 Å². The van der Waals surface area contributed by atoms with Gasteiger partial charge in [0.05, 0.1) is 10.1 Å². The quantitative estimate of drug-likeness (QED) is 0.501. The average molecular weight is 359 g/mol. The lowest BCUT2D eigenvalue weighted by Gasteiger charge is -2.04. The minimum Gasteiger partial charge on any atom is -0.748 e. The maximum Gasteiger partial charge on any atom is 0.262 e. The Hall–Kier alpha value is -2.02. The van der Waals surface area contributed by atoms with E-state index in [9.17, 15) is 13.0 Å². The summed E-state index contributed by atoms with van der Waals surface area (Å²) in [5.41, 5.74) is 2.15. The molecule has 3 rings (SSSR count). The lowest BCUT2D eigenvalue weighted by molar-refractivity contribution is -0.668. The van der Waals surface area contributed by atoms with Crippen molar-refractivity contribution in [2.45, 2.75) is 13.0 Å². The second-order valence-corrected chi connectivity index (χ2v) is 8.00. The molecule has 0 saturated heterocycles. The van der Waals surface area contributed by atoms with Crippen molar-refractivity contribution in [3.63, 3.8) is 0 Å². The van der Waals surface area contributed by atoms with Crippen LogP contribution in [0.25, 0.3) is 22.4 Å². The van der Waals surface area contributed by atoms with E-state index in [0.29, 0.717) is 13.0 Å². The van der Waals surface area contributed by atoms with Crippen molar-refractivity contribution in [3.8, 4) is 0 Å². The highest BCUT2D eigenvalue weighted by Crippen LogP contribution is 2.22. The van der Waals surface area contributed by atoms with Gasteiger partial charge in [0, 0.05) is 24.3 Å². The molecule has 0 bridgehead atoms. The first-order valence-corrected chi connectivity index (χ1v) is 10.0. The third kappa shape index (κ3) is 4.29. The van der Waals surface area contributed by atoms with Crippen LogP contribution < -0.4 is 4.57 Å². The van der Waals surface area contributed by atoms with Crippen LogP contribution in [0.1, 0.15) is 17.0 Å². The molecule has 0 spiro atoms. The molecule has 0 aliphatic rings. The molecular formula is C18H17NO3S2. The highest BCUT2D eigenvalue weighted by atomic mass is 32.2. The number of aromatic nitrogens is 1. The predicted molar refractivity (Wildman–Crippen MR) is 96.6 cm³/mol.